The minimum absolute atomic E-state index is 0.0126. The number of allylic oxidation sites excluding steroid dienone is 1. The number of ketones is 2. The quantitative estimate of drug-likeness (QED) is 0.139. The number of hydrogen-bond acceptors (Lipinski definition) is 11. The second kappa shape index (κ2) is 11.1. The van der Waals surface area contributed by atoms with Gasteiger partial charge in [0.05, 0.1) is 11.7 Å². The maximum absolute atomic E-state index is 13.3. The third kappa shape index (κ3) is 5.05. The largest absolute Gasteiger partial charge is 0.419 e. The Kier molecular flexibility index (Phi) is 8.12. The smallest absolute Gasteiger partial charge is 0.340 e. The Bertz CT molecular complexity index is 1620. The highest BCUT2D eigenvalue weighted by Crippen LogP contribution is 2.49. The van der Waals surface area contributed by atoms with E-state index in [2.05, 4.69) is 16.6 Å². The Labute approximate surface area is 222 Å². The molecule has 1 atom stereocenters. The summed E-state index contributed by atoms with van der Waals surface area (Å²) in [5, 5.41) is 10.1. The number of esters is 2. The summed E-state index contributed by atoms with van der Waals surface area (Å²) in [6.07, 6.45) is 1.54. The molecule has 0 amide bonds. The number of aliphatic imine (C=N–C) groups is 2. The SMILES string of the molecule is C=C(C)C(=O)Oc1c(N=C=O)c(N=C=O)c(C)c(C)c1OC(=O)/C(C)=C1/C(=O)c2cccc(C(C)O)c2C1=O. The molecule has 0 bridgehead atoms. The predicted molar refractivity (Wildman–Crippen MR) is 136 cm³/mol. The number of carbonyl (C=O) groups excluding carboxylic acids is 6. The van der Waals surface area contributed by atoms with Crippen molar-refractivity contribution in [1.82, 2.24) is 0 Å². The molecule has 198 valence electrons. The van der Waals surface area contributed by atoms with E-state index in [0.717, 1.165) is 0 Å². The molecule has 0 saturated heterocycles. The molecule has 2 aromatic rings. The number of carbonyl (C=O) groups is 4. The van der Waals surface area contributed by atoms with Crippen molar-refractivity contribution >= 4 is 47.0 Å². The van der Waals surface area contributed by atoms with Gasteiger partial charge < -0.3 is 14.6 Å². The van der Waals surface area contributed by atoms with Crippen molar-refractivity contribution in [3.8, 4) is 11.5 Å². The fourth-order valence-electron chi connectivity index (χ4n) is 3.98. The summed E-state index contributed by atoms with van der Waals surface area (Å²) >= 11 is 0. The van der Waals surface area contributed by atoms with Gasteiger partial charge in [0.25, 0.3) is 0 Å². The highest BCUT2D eigenvalue weighted by Gasteiger charge is 2.39. The maximum Gasteiger partial charge on any atom is 0.340 e. The number of rotatable bonds is 7. The fraction of sp³-hybridized carbons (Fsp3) is 0.214. The highest BCUT2D eigenvalue weighted by molar-refractivity contribution is 6.41. The first kappa shape index (κ1) is 28.5. The molecule has 0 radical (unpaired) electrons. The van der Waals surface area contributed by atoms with Crippen LogP contribution in [0.5, 0.6) is 11.5 Å². The van der Waals surface area contributed by atoms with Crippen molar-refractivity contribution in [1.29, 1.82) is 0 Å². The lowest BCUT2D eigenvalue weighted by Gasteiger charge is -2.18. The van der Waals surface area contributed by atoms with Crippen LogP contribution >= 0.6 is 0 Å². The number of benzene rings is 2. The molecule has 1 unspecified atom stereocenters. The minimum atomic E-state index is -1.15. The summed E-state index contributed by atoms with van der Waals surface area (Å²) < 4.78 is 10.8. The van der Waals surface area contributed by atoms with Gasteiger partial charge in [-0.1, -0.05) is 24.8 Å². The zero-order valence-corrected chi connectivity index (χ0v) is 21.6. The summed E-state index contributed by atoms with van der Waals surface area (Å²) in [5.74, 6) is -4.54. The summed E-state index contributed by atoms with van der Waals surface area (Å²) in [7, 11) is 0. The van der Waals surface area contributed by atoms with Gasteiger partial charge in [-0.15, -0.1) is 0 Å². The first-order valence-electron chi connectivity index (χ1n) is 11.4. The van der Waals surface area contributed by atoms with Gasteiger partial charge in [0.15, 0.2) is 17.3 Å². The van der Waals surface area contributed by atoms with Crippen LogP contribution < -0.4 is 9.47 Å². The lowest BCUT2D eigenvalue weighted by molar-refractivity contribution is -0.132. The number of fused-ring (bicyclic) bond motifs is 1. The van der Waals surface area contributed by atoms with E-state index in [4.69, 9.17) is 9.47 Å². The van der Waals surface area contributed by atoms with E-state index in [0.29, 0.717) is 0 Å². The number of isocyanates is 2. The standard InChI is InChI=1S/C28H22N2O9/c1-12(2)27(36)39-26-22(30-11-32)21(29-10-31)13(3)14(4)25(26)38-28(37)15(5)19-23(34)18-9-7-8-17(16(6)33)20(18)24(19)35/h7-9,16,33H,1H2,2-6H3/b19-15-. The van der Waals surface area contributed by atoms with Crippen LogP contribution in [-0.2, 0) is 19.2 Å². The zero-order chi connectivity index (χ0) is 29.2. The van der Waals surface area contributed by atoms with Gasteiger partial charge in [0.1, 0.15) is 11.4 Å². The highest BCUT2D eigenvalue weighted by atomic mass is 16.6. The molecule has 0 aromatic heterocycles. The Morgan fingerprint density at radius 3 is 2.08 bits per heavy atom. The van der Waals surface area contributed by atoms with Crippen LogP contribution in [0.3, 0.4) is 0 Å². The van der Waals surface area contributed by atoms with E-state index >= 15 is 0 Å². The molecule has 1 aliphatic rings. The van der Waals surface area contributed by atoms with E-state index in [-0.39, 0.29) is 50.4 Å². The molecule has 0 fully saturated rings. The lowest BCUT2D eigenvalue weighted by Crippen LogP contribution is -2.18. The number of Topliss-reactive ketones (excluding diaryl/α,β-unsaturated/α-hetero) is 2. The first-order valence-corrected chi connectivity index (χ1v) is 11.4. The Morgan fingerprint density at radius 1 is 0.923 bits per heavy atom. The van der Waals surface area contributed by atoms with Gasteiger partial charge in [0.2, 0.25) is 17.9 Å². The van der Waals surface area contributed by atoms with Gasteiger partial charge in [-0.25, -0.2) is 19.2 Å². The molecule has 0 saturated carbocycles. The molecule has 1 N–H and O–H groups in total. The molecule has 3 rings (SSSR count). The minimum Gasteiger partial charge on any atom is -0.419 e. The van der Waals surface area contributed by atoms with Crippen LogP contribution in [0, 0.1) is 13.8 Å². The predicted octanol–water partition coefficient (Wildman–Crippen LogP) is 4.07. The third-order valence-corrected chi connectivity index (χ3v) is 6.11. The van der Waals surface area contributed by atoms with Crippen LogP contribution in [-0.4, -0.2) is 40.8 Å². The maximum atomic E-state index is 13.3. The number of aliphatic hydroxyl groups is 1. The molecular formula is C28H22N2O9. The normalized spacial score (nSPS) is 14.0. The van der Waals surface area contributed by atoms with Crippen LogP contribution in [0.2, 0.25) is 0 Å². The summed E-state index contributed by atoms with van der Waals surface area (Å²) in [4.78, 5) is 81.2. The number of ether oxygens (including phenoxy) is 2. The Hall–Kier alpha value is -5.08. The van der Waals surface area contributed by atoms with Crippen LogP contribution in [0.4, 0.5) is 11.4 Å². The van der Waals surface area contributed by atoms with Crippen molar-refractivity contribution < 1.29 is 43.3 Å². The first-order chi connectivity index (χ1) is 18.4. The van der Waals surface area contributed by atoms with E-state index in [1.165, 1.54) is 65.0 Å². The average molecular weight is 530 g/mol. The van der Waals surface area contributed by atoms with Crippen LogP contribution in [0.25, 0.3) is 0 Å². The molecule has 11 nitrogen and oxygen atoms in total. The molecule has 0 aliphatic heterocycles. The van der Waals surface area contributed by atoms with Crippen molar-refractivity contribution in [2.75, 3.05) is 0 Å². The molecule has 11 heteroatoms. The second-order valence-corrected chi connectivity index (χ2v) is 8.68. The second-order valence-electron chi connectivity index (χ2n) is 8.68. The van der Waals surface area contributed by atoms with Crippen molar-refractivity contribution in [2.45, 2.75) is 40.7 Å². The fourth-order valence-corrected chi connectivity index (χ4v) is 3.98. The summed E-state index contributed by atoms with van der Waals surface area (Å²) in [6, 6.07) is 4.42. The van der Waals surface area contributed by atoms with E-state index in [1.807, 2.05) is 0 Å². The van der Waals surface area contributed by atoms with E-state index < -0.39 is 46.6 Å². The van der Waals surface area contributed by atoms with Gasteiger partial charge in [-0.3, -0.25) is 9.59 Å². The molecule has 39 heavy (non-hydrogen) atoms. The molecule has 2 aromatic carbocycles. The molecular weight excluding hydrogens is 508 g/mol. The number of aliphatic hydroxyl groups excluding tert-OH is 1. The molecule has 1 aliphatic carbocycles. The average Bonchev–Trinajstić information content (AvgIpc) is 3.15. The summed E-state index contributed by atoms with van der Waals surface area (Å²) in [6.45, 7) is 10.4. The number of hydrogen-bond donors (Lipinski definition) is 1. The van der Waals surface area contributed by atoms with Gasteiger partial charge >= 0.3 is 11.9 Å². The van der Waals surface area contributed by atoms with E-state index in [9.17, 15) is 33.9 Å². The molecule has 0 spiro atoms. The van der Waals surface area contributed by atoms with Crippen LogP contribution in [0.15, 0.2) is 51.5 Å². The third-order valence-electron chi connectivity index (χ3n) is 6.11. The van der Waals surface area contributed by atoms with Gasteiger partial charge in [-0.2, -0.15) is 9.98 Å². The Morgan fingerprint density at radius 2 is 1.51 bits per heavy atom. The lowest BCUT2D eigenvalue weighted by atomic mass is 9.99. The Balaban J connectivity index is 2.22. The van der Waals surface area contributed by atoms with Crippen molar-refractivity contribution in [3.05, 3.63) is 69.3 Å². The topological polar surface area (TPSA) is 166 Å². The van der Waals surface area contributed by atoms with Crippen LogP contribution in [0.1, 0.15) is 64.3 Å². The van der Waals surface area contributed by atoms with Crippen molar-refractivity contribution in [3.63, 3.8) is 0 Å². The van der Waals surface area contributed by atoms with E-state index in [1.54, 1.807) is 0 Å². The van der Waals surface area contributed by atoms with Crippen molar-refractivity contribution in [2.24, 2.45) is 9.98 Å². The summed E-state index contributed by atoms with van der Waals surface area (Å²) in [5.41, 5.74) is -0.874. The zero-order valence-electron chi connectivity index (χ0n) is 21.6. The van der Waals surface area contributed by atoms with Gasteiger partial charge in [-0.05, 0) is 45.7 Å². The molecule has 0 heterocycles. The number of nitrogens with zero attached hydrogens (tertiary/aromatic N) is 2. The van der Waals surface area contributed by atoms with Gasteiger partial charge in [0, 0.05) is 27.8 Å². The monoisotopic (exact) mass is 530 g/mol.